The number of esters is 1. The zero-order valence-corrected chi connectivity index (χ0v) is 14.2. The predicted molar refractivity (Wildman–Crippen MR) is 89.9 cm³/mol. The number of likely N-dealkylation sites (tertiary alicyclic amines) is 1. The van der Waals surface area contributed by atoms with Crippen molar-refractivity contribution in [2.75, 3.05) is 20.2 Å². The monoisotopic (exact) mass is 328 g/mol. The fraction of sp³-hybridized carbons (Fsp3) is 0.526. The number of amides is 1. The van der Waals surface area contributed by atoms with E-state index in [1.54, 1.807) is 4.90 Å². The Morgan fingerprint density at radius 2 is 1.88 bits per heavy atom. The Kier molecular flexibility index (Phi) is 6.36. The van der Waals surface area contributed by atoms with Crippen LogP contribution in [0.4, 0.5) is 0 Å². The first-order chi connectivity index (χ1) is 11.6. The molecule has 24 heavy (non-hydrogen) atoms. The number of carbonyl (C=O) groups excluding carboxylic acids is 2. The lowest BCUT2D eigenvalue weighted by Gasteiger charge is -2.37. The van der Waals surface area contributed by atoms with Crippen LogP contribution < -0.4 is 0 Å². The molecule has 1 amide bonds. The number of aryl methyl sites for hydroxylation is 1. The second kappa shape index (κ2) is 8.49. The van der Waals surface area contributed by atoms with Crippen molar-refractivity contribution in [2.45, 2.75) is 38.5 Å². The number of carbonyl (C=O) groups is 2. The Morgan fingerprint density at radius 1 is 1.21 bits per heavy atom. The topological polar surface area (TPSA) is 70.4 Å². The SMILES string of the molecule is COC(=O)CCC(=O)N1CCC(C#N)(CCc2ccccc2)CC1. The molecule has 0 saturated carbocycles. The van der Waals surface area contributed by atoms with Gasteiger partial charge < -0.3 is 9.64 Å². The van der Waals surface area contributed by atoms with Gasteiger partial charge in [0.05, 0.1) is 25.0 Å². The number of hydrogen-bond donors (Lipinski definition) is 0. The highest BCUT2D eigenvalue weighted by molar-refractivity contribution is 5.81. The van der Waals surface area contributed by atoms with E-state index in [-0.39, 0.29) is 30.1 Å². The Balaban J connectivity index is 1.83. The van der Waals surface area contributed by atoms with Gasteiger partial charge in [0.2, 0.25) is 5.91 Å². The third-order valence-corrected chi connectivity index (χ3v) is 4.82. The Labute approximate surface area is 143 Å². The maximum atomic E-state index is 12.1. The smallest absolute Gasteiger partial charge is 0.306 e. The summed E-state index contributed by atoms with van der Waals surface area (Å²) < 4.78 is 4.56. The van der Waals surface area contributed by atoms with E-state index in [1.165, 1.54) is 12.7 Å². The number of ether oxygens (including phenoxy) is 1. The van der Waals surface area contributed by atoms with Gasteiger partial charge in [0, 0.05) is 19.5 Å². The van der Waals surface area contributed by atoms with Crippen LogP contribution in [0.15, 0.2) is 30.3 Å². The first-order valence-corrected chi connectivity index (χ1v) is 8.38. The van der Waals surface area contributed by atoms with Crippen LogP contribution >= 0.6 is 0 Å². The van der Waals surface area contributed by atoms with Crippen LogP contribution in [0.1, 0.15) is 37.7 Å². The summed E-state index contributed by atoms with van der Waals surface area (Å²) in [7, 11) is 1.32. The van der Waals surface area contributed by atoms with E-state index < -0.39 is 0 Å². The molecule has 0 N–H and O–H groups in total. The molecule has 0 aliphatic carbocycles. The standard InChI is InChI=1S/C19H24N2O3/c1-24-18(23)8-7-17(22)21-13-11-19(15-20,12-14-21)10-9-16-5-3-2-4-6-16/h2-6H,7-14H2,1H3. The van der Waals surface area contributed by atoms with Crippen LogP contribution in [-0.2, 0) is 20.7 Å². The highest BCUT2D eigenvalue weighted by Gasteiger charge is 2.35. The normalized spacial score (nSPS) is 16.2. The van der Waals surface area contributed by atoms with Crippen LogP contribution in [0.5, 0.6) is 0 Å². The van der Waals surface area contributed by atoms with Crippen molar-refractivity contribution >= 4 is 11.9 Å². The Hall–Kier alpha value is -2.35. The lowest BCUT2D eigenvalue weighted by atomic mass is 9.75. The fourth-order valence-electron chi connectivity index (χ4n) is 3.10. The summed E-state index contributed by atoms with van der Waals surface area (Å²) in [4.78, 5) is 25.0. The van der Waals surface area contributed by atoms with Crippen LogP contribution in [-0.4, -0.2) is 37.0 Å². The van der Waals surface area contributed by atoms with Crippen LogP contribution in [0.25, 0.3) is 0 Å². The van der Waals surface area contributed by atoms with Crippen LogP contribution in [0.3, 0.4) is 0 Å². The Bertz CT molecular complexity index is 599. The maximum absolute atomic E-state index is 12.1. The first kappa shape index (κ1) is 18.0. The molecule has 1 heterocycles. The van der Waals surface area contributed by atoms with E-state index in [0.29, 0.717) is 25.9 Å². The van der Waals surface area contributed by atoms with Gasteiger partial charge in [-0.1, -0.05) is 30.3 Å². The van der Waals surface area contributed by atoms with Crippen molar-refractivity contribution in [3.8, 4) is 6.07 Å². The number of nitriles is 1. The molecular weight excluding hydrogens is 304 g/mol. The van der Waals surface area contributed by atoms with Crippen molar-refractivity contribution in [3.63, 3.8) is 0 Å². The third-order valence-electron chi connectivity index (χ3n) is 4.82. The van der Waals surface area contributed by atoms with E-state index in [0.717, 1.165) is 12.8 Å². The third kappa shape index (κ3) is 4.82. The second-order valence-corrected chi connectivity index (χ2v) is 6.33. The van der Waals surface area contributed by atoms with Crippen LogP contribution in [0, 0.1) is 16.7 Å². The van der Waals surface area contributed by atoms with Gasteiger partial charge in [0.15, 0.2) is 0 Å². The molecule has 1 aromatic carbocycles. The molecule has 0 spiro atoms. The maximum Gasteiger partial charge on any atom is 0.306 e. The predicted octanol–water partition coefficient (Wildman–Crippen LogP) is 2.70. The first-order valence-electron chi connectivity index (χ1n) is 8.38. The molecule has 5 nitrogen and oxygen atoms in total. The second-order valence-electron chi connectivity index (χ2n) is 6.33. The molecule has 0 bridgehead atoms. The quantitative estimate of drug-likeness (QED) is 0.753. The number of methoxy groups -OCH3 is 1. The lowest BCUT2D eigenvalue weighted by molar-refractivity contribution is -0.144. The molecule has 2 rings (SSSR count). The summed E-state index contributed by atoms with van der Waals surface area (Å²) in [5.74, 6) is -0.399. The molecule has 5 heteroatoms. The zero-order valence-electron chi connectivity index (χ0n) is 14.2. The average Bonchev–Trinajstić information content (AvgIpc) is 2.65. The molecule has 0 atom stereocenters. The number of benzene rings is 1. The average molecular weight is 328 g/mol. The molecule has 1 saturated heterocycles. The number of hydrogen-bond acceptors (Lipinski definition) is 4. The zero-order chi connectivity index (χ0) is 17.4. The van der Waals surface area contributed by atoms with Crippen molar-refractivity contribution in [2.24, 2.45) is 5.41 Å². The van der Waals surface area contributed by atoms with Gasteiger partial charge in [-0.3, -0.25) is 9.59 Å². The summed E-state index contributed by atoms with van der Waals surface area (Å²) >= 11 is 0. The molecule has 1 aromatic rings. The molecule has 0 unspecified atom stereocenters. The van der Waals surface area contributed by atoms with Crippen molar-refractivity contribution in [3.05, 3.63) is 35.9 Å². The number of piperidine rings is 1. The molecular formula is C19H24N2O3. The summed E-state index contributed by atoms with van der Waals surface area (Å²) in [6.45, 7) is 1.17. The van der Waals surface area contributed by atoms with Gasteiger partial charge in [0.25, 0.3) is 0 Å². The highest BCUT2D eigenvalue weighted by atomic mass is 16.5. The molecule has 1 aliphatic rings. The van der Waals surface area contributed by atoms with Gasteiger partial charge in [-0.2, -0.15) is 5.26 Å². The van der Waals surface area contributed by atoms with E-state index in [4.69, 9.17) is 0 Å². The summed E-state index contributed by atoms with van der Waals surface area (Å²) in [5.41, 5.74) is 0.887. The summed E-state index contributed by atoms with van der Waals surface area (Å²) in [5, 5.41) is 9.64. The van der Waals surface area contributed by atoms with Gasteiger partial charge in [-0.15, -0.1) is 0 Å². The molecule has 0 aromatic heterocycles. The van der Waals surface area contributed by atoms with E-state index in [1.807, 2.05) is 18.2 Å². The number of rotatable bonds is 6. The van der Waals surface area contributed by atoms with Gasteiger partial charge in [-0.25, -0.2) is 0 Å². The van der Waals surface area contributed by atoms with Crippen LogP contribution in [0.2, 0.25) is 0 Å². The van der Waals surface area contributed by atoms with E-state index in [9.17, 15) is 14.9 Å². The molecule has 0 radical (unpaired) electrons. The molecule has 128 valence electrons. The fourth-order valence-corrected chi connectivity index (χ4v) is 3.10. The summed E-state index contributed by atoms with van der Waals surface area (Å²) in [6.07, 6.45) is 3.38. The lowest BCUT2D eigenvalue weighted by Crippen LogP contribution is -2.43. The summed E-state index contributed by atoms with van der Waals surface area (Å²) in [6, 6.07) is 12.7. The van der Waals surface area contributed by atoms with Crippen molar-refractivity contribution < 1.29 is 14.3 Å². The minimum atomic E-state index is -0.366. The Morgan fingerprint density at radius 3 is 2.46 bits per heavy atom. The molecule has 1 aliphatic heterocycles. The van der Waals surface area contributed by atoms with E-state index in [2.05, 4.69) is 22.9 Å². The minimum absolute atomic E-state index is 0.0324. The van der Waals surface area contributed by atoms with Crippen molar-refractivity contribution in [1.29, 1.82) is 5.26 Å². The van der Waals surface area contributed by atoms with Crippen molar-refractivity contribution in [1.82, 2.24) is 4.90 Å². The van der Waals surface area contributed by atoms with Gasteiger partial charge >= 0.3 is 5.97 Å². The van der Waals surface area contributed by atoms with Gasteiger partial charge in [-0.05, 0) is 31.2 Å². The van der Waals surface area contributed by atoms with Gasteiger partial charge in [0.1, 0.15) is 0 Å². The molecule has 1 fully saturated rings. The largest absolute Gasteiger partial charge is 0.469 e. The highest BCUT2D eigenvalue weighted by Crippen LogP contribution is 2.35. The minimum Gasteiger partial charge on any atom is -0.469 e. The van der Waals surface area contributed by atoms with E-state index >= 15 is 0 Å². The number of nitrogens with zero attached hydrogens (tertiary/aromatic N) is 2.